The number of aryl methyl sites for hydroxylation is 1. The fourth-order valence-corrected chi connectivity index (χ4v) is 6.18. The third-order valence-corrected chi connectivity index (χ3v) is 9.02. The highest BCUT2D eigenvalue weighted by Gasteiger charge is 2.32. The lowest BCUT2D eigenvalue weighted by Gasteiger charge is -2.36. The standard InChI is InChI=1S/C34H39N5O6S/c1-39-22-36-37-34(39)46-21-28-18-30(25-12-10-23(20-40)11-13-25)45-33(44-28)26-16-14-24(15-17-26)29-7-3-2-6-27(29)19-35-31(41)8-4-5-9-32(42)38-43/h2-3,6-7,10-17,22,28,30,33,40,43H,4-5,8-9,18-21H2,1H3,(H,35,41)(H,38,42)/t28-,30+,33+/m1/s1. The minimum Gasteiger partial charge on any atom is -0.392 e. The number of hydroxylamine groups is 1. The summed E-state index contributed by atoms with van der Waals surface area (Å²) >= 11 is 1.60. The number of amides is 2. The highest BCUT2D eigenvalue weighted by molar-refractivity contribution is 7.99. The first kappa shape index (κ1) is 33.3. The van der Waals surface area contributed by atoms with Gasteiger partial charge < -0.3 is 24.5 Å². The van der Waals surface area contributed by atoms with E-state index in [0.29, 0.717) is 38.0 Å². The van der Waals surface area contributed by atoms with Crippen LogP contribution in [0.1, 0.15) is 66.8 Å². The second-order valence-electron chi connectivity index (χ2n) is 11.2. The summed E-state index contributed by atoms with van der Waals surface area (Å²) in [4.78, 5) is 23.6. The van der Waals surface area contributed by atoms with Gasteiger partial charge in [-0.15, -0.1) is 10.2 Å². The number of hydrogen-bond acceptors (Lipinski definition) is 9. The Kier molecular flexibility index (Phi) is 11.9. The third-order valence-electron chi connectivity index (χ3n) is 7.85. The first-order chi connectivity index (χ1) is 22.4. The van der Waals surface area contributed by atoms with E-state index >= 15 is 0 Å². The minimum absolute atomic E-state index is 0.0102. The maximum atomic E-state index is 12.4. The van der Waals surface area contributed by atoms with Crippen molar-refractivity contribution in [2.24, 2.45) is 7.05 Å². The average molecular weight is 646 g/mol. The topological polar surface area (TPSA) is 148 Å². The number of nitrogens with one attached hydrogen (secondary N) is 2. The maximum Gasteiger partial charge on any atom is 0.243 e. The molecule has 5 rings (SSSR count). The molecule has 46 heavy (non-hydrogen) atoms. The van der Waals surface area contributed by atoms with Crippen molar-refractivity contribution in [1.29, 1.82) is 0 Å². The zero-order valence-corrected chi connectivity index (χ0v) is 26.5. The van der Waals surface area contributed by atoms with Crippen molar-refractivity contribution in [1.82, 2.24) is 25.6 Å². The van der Waals surface area contributed by atoms with Crippen LogP contribution in [0.3, 0.4) is 0 Å². The van der Waals surface area contributed by atoms with Crippen LogP contribution in [0.25, 0.3) is 11.1 Å². The first-order valence-electron chi connectivity index (χ1n) is 15.3. The molecule has 3 atom stereocenters. The van der Waals surface area contributed by atoms with Crippen molar-refractivity contribution >= 4 is 23.6 Å². The third kappa shape index (κ3) is 9.02. The number of carbonyl (C=O) groups excluding carboxylic acids is 2. The number of aliphatic hydroxyl groups is 1. The summed E-state index contributed by atoms with van der Waals surface area (Å²) in [7, 11) is 1.92. The molecule has 0 aliphatic carbocycles. The van der Waals surface area contributed by atoms with Gasteiger partial charge in [-0.1, -0.05) is 84.6 Å². The van der Waals surface area contributed by atoms with Crippen LogP contribution in [-0.4, -0.2) is 48.7 Å². The van der Waals surface area contributed by atoms with Crippen LogP contribution in [-0.2, 0) is 39.3 Å². The van der Waals surface area contributed by atoms with Crippen molar-refractivity contribution in [2.75, 3.05) is 5.75 Å². The molecular weight excluding hydrogens is 606 g/mol. The monoisotopic (exact) mass is 645 g/mol. The zero-order valence-electron chi connectivity index (χ0n) is 25.7. The lowest BCUT2D eigenvalue weighted by atomic mass is 9.97. The second-order valence-corrected chi connectivity index (χ2v) is 12.2. The van der Waals surface area contributed by atoms with Gasteiger partial charge in [-0.25, -0.2) is 5.48 Å². The average Bonchev–Trinajstić information content (AvgIpc) is 3.52. The highest BCUT2D eigenvalue weighted by Crippen LogP contribution is 2.40. The van der Waals surface area contributed by atoms with Gasteiger partial charge in [-0.05, 0) is 40.7 Å². The number of unbranched alkanes of at least 4 members (excludes halogenated alkanes) is 1. The molecule has 4 aromatic rings. The molecule has 1 saturated heterocycles. The molecule has 2 amide bonds. The summed E-state index contributed by atoms with van der Waals surface area (Å²) in [5, 5.41) is 30.0. The zero-order chi connectivity index (χ0) is 32.3. The van der Waals surface area contributed by atoms with Gasteiger partial charge in [0, 0.05) is 44.2 Å². The molecule has 0 spiro atoms. The number of hydrogen-bond donors (Lipinski definition) is 4. The maximum absolute atomic E-state index is 12.4. The number of aromatic nitrogens is 3. The summed E-state index contributed by atoms with van der Waals surface area (Å²) < 4.78 is 14.9. The van der Waals surface area contributed by atoms with E-state index < -0.39 is 12.2 Å². The Bertz CT molecular complexity index is 1580. The van der Waals surface area contributed by atoms with Crippen LogP contribution < -0.4 is 10.8 Å². The first-order valence-corrected chi connectivity index (χ1v) is 16.3. The molecule has 3 aromatic carbocycles. The fraction of sp³-hybridized carbons (Fsp3) is 0.353. The Morgan fingerprint density at radius 2 is 1.67 bits per heavy atom. The number of nitrogens with zero attached hydrogens (tertiary/aromatic N) is 3. The minimum atomic E-state index is -0.576. The van der Waals surface area contributed by atoms with E-state index in [-0.39, 0.29) is 31.1 Å². The molecule has 0 radical (unpaired) electrons. The summed E-state index contributed by atoms with van der Waals surface area (Å²) in [5.41, 5.74) is 7.38. The molecule has 1 fully saturated rings. The van der Waals surface area contributed by atoms with Gasteiger partial charge in [0.25, 0.3) is 0 Å². The predicted molar refractivity (Wildman–Crippen MR) is 172 cm³/mol. The molecule has 1 aliphatic rings. The van der Waals surface area contributed by atoms with E-state index in [1.807, 2.05) is 84.4 Å². The molecule has 1 aliphatic heterocycles. The van der Waals surface area contributed by atoms with Crippen molar-refractivity contribution in [3.8, 4) is 11.1 Å². The molecule has 4 N–H and O–H groups in total. The van der Waals surface area contributed by atoms with E-state index in [1.165, 1.54) is 0 Å². The van der Waals surface area contributed by atoms with E-state index in [9.17, 15) is 14.7 Å². The normalized spacial score (nSPS) is 17.8. The van der Waals surface area contributed by atoms with Gasteiger partial charge in [-0.2, -0.15) is 0 Å². The smallest absolute Gasteiger partial charge is 0.243 e. The molecule has 0 saturated carbocycles. The Hall–Kier alpha value is -4.07. The Balaban J connectivity index is 1.26. The number of benzene rings is 3. The largest absolute Gasteiger partial charge is 0.392 e. The lowest BCUT2D eigenvalue weighted by Crippen LogP contribution is -2.31. The van der Waals surface area contributed by atoms with E-state index in [4.69, 9.17) is 14.7 Å². The second kappa shape index (κ2) is 16.5. The van der Waals surface area contributed by atoms with Gasteiger partial charge in [-0.3, -0.25) is 14.8 Å². The Morgan fingerprint density at radius 3 is 2.37 bits per heavy atom. The van der Waals surface area contributed by atoms with E-state index in [2.05, 4.69) is 15.5 Å². The van der Waals surface area contributed by atoms with Gasteiger partial charge in [0.05, 0.1) is 18.8 Å². The number of rotatable bonds is 14. The number of carbonyl (C=O) groups is 2. The lowest BCUT2D eigenvalue weighted by molar-refractivity contribution is -0.245. The molecule has 12 heteroatoms. The molecule has 1 aromatic heterocycles. The van der Waals surface area contributed by atoms with Crippen LogP contribution in [0.15, 0.2) is 84.3 Å². The van der Waals surface area contributed by atoms with Gasteiger partial charge >= 0.3 is 0 Å². The molecule has 11 nitrogen and oxygen atoms in total. The highest BCUT2D eigenvalue weighted by atomic mass is 32.2. The quantitative estimate of drug-likeness (QED) is 0.0644. The van der Waals surface area contributed by atoms with Crippen molar-refractivity contribution in [3.05, 3.63) is 101 Å². The van der Waals surface area contributed by atoms with Crippen LogP contribution >= 0.6 is 11.8 Å². The molecular formula is C34H39N5O6S. The number of aliphatic hydroxyl groups excluding tert-OH is 1. The molecule has 0 unspecified atom stereocenters. The number of thioether (sulfide) groups is 1. The van der Waals surface area contributed by atoms with Crippen molar-refractivity contribution in [2.45, 2.75) is 68.9 Å². The van der Waals surface area contributed by atoms with Gasteiger partial charge in [0.1, 0.15) is 6.33 Å². The van der Waals surface area contributed by atoms with Crippen LogP contribution in [0.5, 0.6) is 0 Å². The summed E-state index contributed by atoms with van der Waals surface area (Å²) in [6.45, 7) is 0.369. The van der Waals surface area contributed by atoms with Crippen molar-refractivity contribution in [3.63, 3.8) is 0 Å². The van der Waals surface area contributed by atoms with Crippen LogP contribution in [0.2, 0.25) is 0 Å². The molecule has 0 bridgehead atoms. The number of ether oxygens (including phenoxy) is 2. The Morgan fingerprint density at radius 1 is 0.957 bits per heavy atom. The van der Waals surface area contributed by atoms with E-state index in [1.54, 1.807) is 23.6 Å². The van der Waals surface area contributed by atoms with Gasteiger partial charge in [0.15, 0.2) is 11.4 Å². The van der Waals surface area contributed by atoms with Crippen LogP contribution in [0, 0.1) is 0 Å². The fourth-order valence-electron chi connectivity index (χ4n) is 5.28. The van der Waals surface area contributed by atoms with Crippen LogP contribution in [0.4, 0.5) is 0 Å². The summed E-state index contributed by atoms with van der Waals surface area (Å²) in [6.07, 6.45) is 3.06. The molecule has 2 heterocycles. The summed E-state index contributed by atoms with van der Waals surface area (Å²) in [5.74, 6) is 0.147. The van der Waals surface area contributed by atoms with E-state index in [0.717, 1.165) is 38.5 Å². The molecule has 242 valence electrons. The predicted octanol–water partition coefficient (Wildman–Crippen LogP) is 4.99. The Labute approximate surface area is 272 Å². The van der Waals surface area contributed by atoms with Crippen molar-refractivity contribution < 1.29 is 29.4 Å². The SMILES string of the molecule is Cn1cnnc1SC[C@H]1C[C@@H](c2ccc(CO)cc2)O[C@@H](c2ccc(-c3ccccc3CNC(=O)CCCCC(=O)NO)cc2)O1. The summed E-state index contributed by atoms with van der Waals surface area (Å²) in [6, 6.07) is 23.9. The van der Waals surface area contributed by atoms with Gasteiger partial charge in [0.2, 0.25) is 11.8 Å².